The van der Waals surface area contributed by atoms with Crippen molar-refractivity contribution in [3.63, 3.8) is 0 Å². The largest absolute Gasteiger partial charge is 0.357 e. The predicted octanol–water partition coefficient (Wildman–Crippen LogP) is 1.67. The van der Waals surface area contributed by atoms with Crippen molar-refractivity contribution in [2.24, 2.45) is 0 Å². The maximum absolute atomic E-state index is 14.7. The summed E-state index contributed by atoms with van der Waals surface area (Å²) in [4.78, 5) is 36.7. The summed E-state index contributed by atoms with van der Waals surface area (Å²) in [6, 6.07) is 0. The molecule has 1 aliphatic heterocycles. The Balaban J connectivity index is 1.20. The van der Waals surface area contributed by atoms with Crippen molar-refractivity contribution in [3.05, 3.63) is 60.1 Å². The fourth-order valence-electron chi connectivity index (χ4n) is 4.58. The van der Waals surface area contributed by atoms with Gasteiger partial charge in [0.25, 0.3) is 11.7 Å². The van der Waals surface area contributed by atoms with Gasteiger partial charge in [-0.2, -0.15) is 10.3 Å². The molecular formula is C23H21FN10O2. The van der Waals surface area contributed by atoms with Gasteiger partial charge in [-0.1, -0.05) is 23.4 Å². The Kier molecular flexibility index (Phi) is 5.36. The Morgan fingerprint density at radius 1 is 1.06 bits per heavy atom. The Morgan fingerprint density at radius 2 is 1.92 bits per heavy atom. The van der Waals surface area contributed by atoms with E-state index in [0.29, 0.717) is 26.2 Å². The summed E-state index contributed by atoms with van der Waals surface area (Å²) in [5.41, 5.74) is 1.99. The molecule has 1 amide bonds. The molecule has 0 saturated carbocycles. The van der Waals surface area contributed by atoms with Crippen LogP contribution in [-0.4, -0.2) is 83.1 Å². The minimum absolute atomic E-state index is 0.00598. The predicted molar refractivity (Wildman–Crippen MR) is 127 cm³/mol. The van der Waals surface area contributed by atoms with Crippen LogP contribution in [0, 0.1) is 5.82 Å². The van der Waals surface area contributed by atoms with E-state index in [1.54, 1.807) is 6.20 Å². The van der Waals surface area contributed by atoms with E-state index >= 15 is 0 Å². The number of hydrogen-bond donors (Lipinski definition) is 2. The van der Waals surface area contributed by atoms with Crippen molar-refractivity contribution in [2.75, 3.05) is 31.1 Å². The molecule has 6 rings (SSSR count). The highest BCUT2D eigenvalue weighted by Crippen LogP contribution is 2.28. The molecule has 4 aromatic heterocycles. The van der Waals surface area contributed by atoms with Crippen LogP contribution in [0.2, 0.25) is 0 Å². The van der Waals surface area contributed by atoms with Gasteiger partial charge in [0.1, 0.15) is 5.69 Å². The molecule has 4 aromatic rings. The quantitative estimate of drug-likeness (QED) is 0.319. The average molecular weight is 488 g/mol. The van der Waals surface area contributed by atoms with E-state index in [2.05, 4.69) is 47.8 Å². The number of halogens is 1. The van der Waals surface area contributed by atoms with E-state index < -0.39 is 17.5 Å². The van der Waals surface area contributed by atoms with E-state index in [0.717, 1.165) is 36.1 Å². The molecule has 36 heavy (non-hydrogen) atoms. The molecule has 0 atom stereocenters. The number of carbonyl (C=O) groups excluding carboxylic acids is 2. The molecule has 0 bridgehead atoms. The molecule has 0 aromatic carbocycles. The van der Waals surface area contributed by atoms with Crippen molar-refractivity contribution in [1.29, 1.82) is 0 Å². The standard InChI is InChI=1S/C23H21FN10O2/c24-16-13-26-21(34-7-6-27-31-34)19-17(16)15(12-25-19)20(35)23(36)33-10-8-32(9-11-33)22-18(28-30-29-22)14-4-2-1-3-5-14/h2,4-7,12-13,25H,1,3,8-11H2,(H,28,29,30). The normalized spacial score (nSPS) is 16.0. The van der Waals surface area contributed by atoms with Gasteiger partial charge in [-0.15, -0.1) is 10.2 Å². The monoisotopic (exact) mass is 488 g/mol. The lowest BCUT2D eigenvalue weighted by molar-refractivity contribution is -0.126. The number of fused-ring (bicyclic) bond motifs is 1. The molecule has 1 aliphatic carbocycles. The number of amides is 1. The molecular weight excluding hydrogens is 467 g/mol. The average Bonchev–Trinajstić information content (AvgIpc) is 3.70. The molecule has 5 heterocycles. The number of aromatic nitrogens is 8. The number of allylic oxidation sites excluding steroid dienone is 4. The van der Waals surface area contributed by atoms with Gasteiger partial charge < -0.3 is 14.8 Å². The molecule has 0 radical (unpaired) electrons. The number of H-pyrrole nitrogens is 2. The van der Waals surface area contributed by atoms with E-state index in [1.807, 2.05) is 11.0 Å². The number of ketones is 1. The molecule has 13 heteroatoms. The number of nitrogens with one attached hydrogen (secondary N) is 2. The second-order valence-corrected chi connectivity index (χ2v) is 8.47. The second-order valence-electron chi connectivity index (χ2n) is 8.47. The first kappa shape index (κ1) is 21.8. The Labute approximate surface area is 203 Å². The summed E-state index contributed by atoms with van der Waals surface area (Å²) in [5, 5.41) is 18.9. The molecule has 0 unspecified atom stereocenters. The maximum Gasteiger partial charge on any atom is 0.295 e. The number of rotatable bonds is 5. The van der Waals surface area contributed by atoms with E-state index in [9.17, 15) is 14.0 Å². The lowest BCUT2D eigenvalue weighted by atomic mass is 10.0. The lowest BCUT2D eigenvalue weighted by Crippen LogP contribution is -2.51. The molecule has 182 valence electrons. The zero-order valence-corrected chi connectivity index (χ0v) is 19.1. The highest BCUT2D eigenvalue weighted by atomic mass is 19.1. The number of Topliss-reactive ketones (excluding diaryl/α,β-unsaturated/α-hetero) is 1. The van der Waals surface area contributed by atoms with Crippen LogP contribution in [0.4, 0.5) is 10.2 Å². The summed E-state index contributed by atoms with van der Waals surface area (Å²) in [5.74, 6) is -1.19. The van der Waals surface area contributed by atoms with Gasteiger partial charge >= 0.3 is 0 Å². The third-order valence-electron chi connectivity index (χ3n) is 6.39. The molecule has 2 aliphatic rings. The number of aromatic amines is 2. The van der Waals surface area contributed by atoms with E-state index in [1.165, 1.54) is 22.0 Å². The highest BCUT2D eigenvalue weighted by molar-refractivity contribution is 6.45. The minimum Gasteiger partial charge on any atom is -0.357 e. The fraction of sp³-hybridized carbons (Fsp3) is 0.261. The summed E-state index contributed by atoms with van der Waals surface area (Å²) in [7, 11) is 0. The SMILES string of the molecule is O=C(C(=O)N1CCN(c2n[nH]nc2C2=CCCC=C2)CC1)c1c[nH]c2c(-n3ccnn3)ncc(F)c12. The summed E-state index contributed by atoms with van der Waals surface area (Å²) < 4.78 is 16.1. The first-order valence-electron chi connectivity index (χ1n) is 11.5. The van der Waals surface area contributed by atoms with Crippen molar-refractivity contribution >= 4 is 34.0 Å². The van der Waals surface area contributed by atoms with E-state index in [4.69, 9.17) is 0 Å². The number of carbonyl (C=O) groups is 2. The third-order valence-corrected chi connectivity index (χ3v) is 6.39. The molecule has 1 fully saturated rings. The van der Waals surface area contributed by atoms with Gasteiger partial charge in [0.05, 0.1) is 35.1 Å². The van der Waals surface area contributed by atoms with Gasteiger partial charge in [-0.3, -0.25) is 9.59 Å². The highest BCUT2D eigenvalue weighted by Gasteiger charge is 2.31. The van der Waals surface area contributed by atoms with Crippen LogP contribution in [0.3, 0.4) is 0 Å². The zero-order valence-electron chi connectivity index (χ0n) is 19.1. The first-order valence-corrected chi connectivity index (χ1v) is 11.5. The molecule has 12 nitrogen and oxygen atoms in total. The smallest absolute Gasteiger partial charge is 0.295 e. The molecule has 1 saturated heterocycles. The van der Waals surface area contributed by atoms with Crippen LogP contribution >= 0.6 is 0 Å². The van der Waals surface area contributed by atoms with Crippen molar-refractivity contribution in [2.45, 2.75) is 12.8 Å². The fourth-order valence-corrected chi connectivity index (χ4v) is 4.58. The Hall–Kier alpha value is -4.68. The maximum atomic E-state index is 14.7. The number of hydrogen-bond acceptors (Lipinski definition) is 8. The van der Waals surface area contributed by atoms with Crippen LogP contribution in [0.25, 0.3) is 22.3 Å². The van der Waals surface area contributed by atoms with Crippen molar-refractivity contribution in [3.8, 4) is 5.82 Å². The second kappa shape index (κ2) is 8.83. The Bertz CT molecular complexity index is 1510. The van der Waals surface area contributed by atoms with Gasteiger partial charge in [-0.05, 0) is 12.8 Å². The number of anilines is 1. The number of nitrogens with zero attached hydrogens (tertiary/aromatic N) is 8. The van der Waals surface area contributed by atoms with Crippen LogP contribution in [0.15, 0.2) is 43.0 Å². The molecule has 0 spiro atoms. The topological polar surface area (TPSA) is 142 Å². The van der Waals surface area contributed by atoms with Crippen molar-refractivity contribution < 1.29 is 14.0 Å². The van der Waals surface area contributed by atoms with Gasteiger partial charge in [0.15, 0.2) is 17.5 Å². The summed E-state index contributed by atoms with van der Waals surface area (Å²) >= 11 is 0. The van der Waals surface area contributed by atoms with Gasteiger partial charge in [0.2, 0.25) is 0 Å². The summed E-state index contributed by atoms with van der Waals surface area (Å²) in [6.07, 6.45) is 13.6. The van der Waals surface area contributed by atoms with Crippen LogP contribution in [-0.2, 0) is 4.79 Å². The lowest BCUT2D eigenvalue weighted by Gasteiger charge is -2.34. The van der Waals surface area contributed by atoms with Gasteiger partial charge in [0, 0.05) is 37.9 Å². The minimum atomic E-state index is -0.788. The third kappa shape index (κ3) is 3.65. The number of piperazine rings is 1. The molecule has 2 N–H and O–H groups in total. The zero-order chi connectivity index (χ0) is 24.6. The van der Waals surface area contributed by atoms with E-state index in [-0.39, 0.29) is 22.3 Å². The number of pyridine rings is 1. The first-order chi connectivity index (χ1) is 17.6. The van der Waals surface area contributed by atoms with Gasteiger partial charge in [-0.25, -0.2) is 14.1 Å². The van der Waals surface area contributed by atoms with Crippen LogP contribution in [0.5, 0.6) is 0 Å². The summed E-state index contributed by atoms with van der Waals surface area (Å²) in [6.45, 7) is 1.61. The van der Waals surface area contributed by atoms with Crippen LogP contribution in [0.1, 0.15) is 28.9 Å². The van der Waals surface area contributed by atoms with Crippen molar-refractivity contribution in [1.82, 2.24) is 45.3 Å². The van der Waals surface area contributed by atoms with Crippen LogP contribution < -0.4 is 4.90 Å². The Morgan fingerprint density at radius 3 is 2.67 bits per heavy atom.